The first-order valence-electron chi connectivity index (χ1n) is 6.99. The van der Waals surface area contributed by atoms with Gasteiger partial charge in [-0.2, -0.15) is 0 Å². The number of rotatable bonds is 7. The topological polar surface area (TPSA) is 66.5 Å². The second kappa shape index (κ2) is 7.06. The lowest BCUT2D eigenvalue weighted by atomic mass is 10.2. The number of nitrogens with zero attached hydrogens (tertiary/aromatic N) is 1. The Balaban J connectivity index is 2.03. The number of hydrogen-bond acceptors (Lipinski definition) is 3. The minimum absolute atomic E-state index is 0.0480. The van der Waals surface area contributed by atoms with Crippen LogP contribution < -0.4 is 9.62 Å². The normalized spacial score (nSPS) is 14.7. The van der Waals surface area contributed by atoms with E-state index in [-0.39, 0.29) is 18.9 Å². The number of halogens is 2. The third kappa shape index (κ3) is 5.04. The fourth-order valence-electron chi connectivity index (χ4n) is 2.05. The minimum atomic E-state index is -3.51. The Labute approximate surface area is 140 Å². The molecule has 0 atom stereocenters. The van der Waals surface area contributed by atoms with Gasteiger partial charge in [0, 0.05) is 24.0 Å². The maximum absolute atomic E-state index is 12.0. The zero-order chi connectivity index (χ0) is 16.3. The van der Waals surface area contributed by atoms with E-state index in [0.29, 0.717) is 28.2 Å². The van der Waals surface area contributed by atoms with Gasteiger partial charge in [-0.05, 0) is 37.5 Å². The van der Waals surface area contributed by atoms with Gasteiger partial charge in [0.2, 0.25) is 15.9 Å². The fourth-order valence-corrected chi connectivity index (χ4v) is 3.46. The van der Waals surface area contributed by atoms with E-state index in [0.717, 1.165) is 19.1 Å². The SMILES string of the molecule is CS(=O)(=O)N(CCCC(=O)NC1CC1)c1cc(Cl)ccc1Cl. The number of anilines is 1. The van der Waals surface area contributed by atoms with E-state index in [9.17, 15) is 13.2 Å². The molecule has 2 rings (SSSR count). The van der Waals surface area contributed by atoms with Crippen molar-refractivity contribution in [2.24, 2.45) is 0 Å². The quantitative estimate of drug-likeness (QED) is 0.808. The summed E-state index contributed by atoms with van der Waals surface area (Å²) in [5, 5.41) is 3.58. The van der Waals surface area contributed by atoms with Crippen molar-refractivity contribution in [1.82, 2.24) is 5.32 Å². The van der Waals surface area contributed by atoms with Gasteiger partial charge < -0.3 is 5.32 Å². The highest BCUT2D eigenvalue weighted by atomic mass is 35.5. The van der Waals surface area contributed by atoms with Crippen molar-refractivity contribution in [3.05, 3.63) is 28.2 Å². The van der Waals surface area contributed by atoms with Crippen LogP contribution in [0.3, 0.4) is 0 Å². The van der Waals surface area contributed by atoms with Crippen LogP contribution in [-0.2, 0) is 14.8 Å². The highest BCUT2D eigenvalue weighted by Gasteiger charge is 2.24. The minimum Gasteiger partial charge on any atom is -0.353 e. The largest absolute Gasteiger partial charge is 0.353 e. The Bertz CT molecular complexity index is 660. The summed E-state index contributed by atoms with van der Waals surface area (Å²) >= 11 is 12.0. The average Bonchev–Trinajstić information content (AvgIpc) is 3.20. The van der Waals surface area contributed by atoms with Crippen LogP contribution in [0.1, 0.15) is 25.7 Å². The van der Waals surface area contributed by atoms with Crippen LogP contribution in [0.5, 0.6) is 0 Å². The van der Waals surface area contributed by atoms with Gasteiger partial charge >= 0.3 is 0 Å². The Kier molecular flexibility index (Phi) is 5.58. The Morgan fingerprint density at radius 3 is 2.64 bits per heavy atom. The summed E-state index contributed by atoms with van der Waals surface area (Å²) in [5.74, 6) is -0.0480. The lowest BCUT2D eigenvalue weighted by molar-refractivity contribution is -0.121. The summed E-state index contributed by atoms with van der Waals surface area (Å²) in [6.45, 7) is 0.178. The summed E-state index contributed by atoms with van der Waals surface area (Å²) in [4.78, 5) is 11.7. The van der Waals surface area contributed by atoms with Crippen molar-refractivity contribution in [2.75, 3.05) is 17.1 Å². The number of carbonyl (C=O) groups excluding carboxylic acids is 1. The first-order valence-corrected chi connectivity index (χ1v) is 9.60. The maximum atomic E-state index is 12.0. The van der Waals surface area contributed by atoms with Crippen molar-refractivity contribution in [2.45, 2.75) is 31.7 Å². The molecule has 0 radical (unpaired) electrons. The number of nitrogens with one attached hydrogen (secondary N) is 1. The van der Waals surface area contributed by atoms with Crippen LogP contribution in [0, 0.1) is 0 Å². The Morgan fingerprint density at radius 1 is 1.36 bits per heavy atom. The van der Waals surface area contributed by atoms with Crippen molar-refractivity contribution in [3.63, 3.8) is 0 Å². The first-order chi connectivity index (χ1) is 10.3. The standard InChI is InChI=1S/C14H18Cl2N2O3S/c1-22(20,21)18(13-9-10(15)4-7-12(13)16)8-2-3-14(19)17-11-5-6-11/h4,7,9,11H,2-3,5-6,8H2,1H3,(H,17,19). The first kappa shape index (κ1) is 17.4. The molecule has 1 aromatic carbocycles. The highest BCUT2D eigenvalue weighted by Crippen LogP contribution is 2.30. The molecule has 122 valence electrons. The predicted molar refractivity (Wildman–Crippen MR) is 89.1 cm³/mol. The number of benzene rings is 1. The van der Waals surface area contributed by atoms with E-state index in [1.807, 2.05) is 0 Å². The molecule has 1 saturated carbocycles. The fraction of sp³-hybridized carbons (Fsp3) is 0.500. The number of sulfonamides is 1. The van der Waals surface area contributed by atoms with Gasteiger partial charge in [-0.1, -0.05) is 23.2 Å². The van der Waals surface area contributed by atoms with E-state index >= 15 is 0 Å². The van der Waals surface area contributed by atoms with Crippen LogP contribution in [0.15, 0.2) is 18.2 Å². The molecule has 0 unspecified atom stereocenters. The second-order valence-electron chi connectivity index (χ2n) is 5.38. The number of hydrogen-bond donors (Lipinski definition) is 1. The zero-order valence-corrected chi connectivity index (χ0v) is 14.5. The molecule has 8 heteroatoms. The van der Waals surface area contributed by atoms with Crippen LogP contribution in [0.4, 0.5) is 5.69 Å². The van der Waals surface area contributed by atoms with Crippen LogP contribution in [-0.4, -0.2) is 33.2 Å². The van der Waals surface area contributed by atoms with Gasteiger partial charge in [-0.15, -0.1) is 0 Å². The van der Waals surface area contributed by atoms with E-state index in [4.69, 9.17) is 23.2 Å². The molecule has 0 saturated heterocycles. The van der Waals surface area contributed by atoms with Crippen LogP contribution >= 0.6 is 23.2 Å². The molecule has 0 bridgehead atoms. The van der Waals surface area contributed by atoms with Crippen molar-refractivity contribution in [1.29, 1.82) is 0 Å². The number of carbonyl (C=O) groups is 1. The molecule has 1 amide bonds. The molecular formula is C14H18Cl2N2O3S. The lowest BCUT2D eigenvalue weighted by Gasteiger charge is -2.23. The molecule has 1 aliphatic rings. The second-order valence-corrected chi connectivity index (χ2v) is 8.13. The van der Waals surface area contributed by atoms with Gasteiger partial charge in [-0.25, -0.2) is 8.42 Å². The molecule has 5 nitrogen and oxygen atoms in total. The molecule has 0 aromatic heterocycles. The van der Waals surface area contributed by atoms with Crippen LogP contribution in [0.25, 0.3) is 0 Å². The molecule has 0 spiro atoms. The molecule has 0 aliphatic heterocycles. The molecule has 0 heterocycles. The molecular weight excluding hydrogens is 347 g/mol. The third-order valence-electron chi connectivity index (χ3n) is 3.28. The predicted octanol–water partition coefficient (Wildman–Crippen LogP) is 2.82. The summed E-state index contributed by atoms with van der Waals surface area (Å²) in [6.07, 6.45) is 3.85. The number of amides is 1. The summed E-state index contributed by atoms with van der Waals surface area (Å²) in [6, 6.07) is 4.96. The molecule has 1 N–H and O–H groups in total. The van der Waals surface area contributed by atoms with Gasteiger partial charge in [0.1, 0.15) is 0 Å². The summed E-state index contributed by atoms with van der Waals surface area (Å²) in [7, 11) is -3.51. The summed E-state index contributed by atoms with van der Waals surface area (Å²) in [5.41, 5.74) is 0.333. The van der Waals surface area contributed by atoms with E-state index < -0.39 is 10.0 Å². The van der Waals surface area contributed by atoms with Crippen molar-refractivity contribution < 1.29 is 13.2 Å². The summed E-state index contributed by atoms with van der Waals surface area (Å²) < 4.78 is 25.2. The Hall–Kier alpha value is -0.980. The average molecular weight is 365 g/mol. The van der Waals surface area contributed by atoms with Crippen LogP contribution in [0.2, 0.25) is 10.0 Å². The zero-order valence-electron chi connectivity index (χ0n) is 12.2. The van der Waals surface area contributed by atoms with E-state index in [2.05, 4.69) is 5.32 Å². The van der Waals surface area contributed by atoms with Crippen molar-refractivity contribution in [3.8, 4) is 0 Å². The monoisotopic (exact) mass is 364 g/mol. The highest BCUT2D eigenvalue weighted by molar-refractivity contribution is 7.92. The molecule has 22 heavy (non-hydrogen) atoms. The van der Waals surface area contributed by atoms with Gasteiger partial charge in [0.25, 0.3) is 0 Å². The third-order valence-corrected chi connectivity index (χ3v) is 5.02. The van der Waals surface area contributed by atoms with Gasteiger partial charge in [0.15, 0.2) is 0 Å². The molecule has 1 aliphatic carbocycles. The van der Waals surface area contributed by atoms with E-state index in [1.54, 1.807) is 12.1 Å². The smallest absolute Gasteiger partial charge is 0.232 e. The molecule has 1 fully saturated rings. The van der Waals surface area contributed by atoms with E-state index in [1.165, 1.54) is 10.4 Å². The van der Waals surface area contributed by atoms with Crippen molar-refractivity contribution >= 4 is 44.8 Å². The van der Waals surface area contributed by atoms with Gasteiger partial charge in [0.05, 0.1) is 17.0 Å². The Morgan fingerprint density at radius 2 is 2.05 bits per heavy atom. The van der Waals surface area contributed by atoms with Gasteiger partial charge in [-0.3, -0.25) is 9.10 Å². The maximum Gasteiger partial charge on any atom is 0.232 e. The lowest BCUT2D eigenvalue weighted by Crippen LogP contribution is -2.32. The molecule has 1 aromatic rings.